The number of benzene rings is 1. The molecular formula is C22H23N3O8. The second kappa shape index (κ2) is 7.71. The summed E-state index contributed by atoms with van der Waals surface area (Å²) in [4.78, 5) is 49.8. The number of anilines is 1. The summed E-state index contributed by atoms with van der Waals surface area (Å²) in [5.74, 6) is -6.39. The van der Waals surface area contributed by atoms with Gasteiger partial charge in [0.2, 0.25) is 12.2 Å². The zero-order chi connectivity index (χ0) is 24.2. The van der Waals surface area contributed by atoms with Crippen LogP contribution < -0.4 is 10.7 Å². The van der Waals surface area contributed by atoms with Crippen LogP contribution in [0.5, 0.6) is 5.75 Å². The minimum atomic E-state index is -2.58. The third kappa shape index (κ3) is 3.19. The standard InChI is InChI=1S/C22H23N3O8/c1-25(2)24-21(32)16-13(27)7-11-6-10-5-9-3-4-12(23-8-26)17(28)14(9)18(29)15(10)19(30)22(11,33)20(16)31/h3-4,8,10-11,27-28,30,33H,5-7H2,1-2H3,(H,23,26)(H,24,32). The van der Waals surface area contributed by atoms with Crippen LogP contribution in [0.4, 0.5) is 5.69 Å². The molecule has 6 N–H and O–H groups in total. The molecule has 0 fully saturated rings. The smallest absolute Gasteiger partial charge is 0.272 e. The van der Waals surface area contributed by atoms with Gasteiger partial charge in [0.15, 0.2) is 17.1 Å². The van der Waals surface area contributed by atoms with E-state index in [1.807, 2.05) is 0 Å². The van der Waals surface area contributed by atoms with Crippen LogP contribution in [0.1, 0.15) is 28.8 Å². The Hall–Kier alpha value is -3.70. The number of nitrogens with one attached hydrogen (secondary N) is 2. The number of nitrogens with zero attached hydrogens (tertiary/aromatic N) is 1. The number of ketones is 2. The molecule has 3 aliphatic carbocycles. The molecule has 11 heteroatoms. The molecule has 174 valence electrons. The lowest BCUT2D eigenvalue weighted by Gasteiger charge is -2.45. The summed E-state index contributed by atoms with van der Waals surface area (Å²) < 4.78 is 0. The molecule has 3 atom stereocenters. The molecule has 0 bridgehead atoms. The molecule has 0 radical (unpaired) electrons. The zero-order valence-corrected chi connectivity index (χ0v) is 17.9. The fourth-order valence-electron chi connectivity index (χ4n) is 5.01. The molecule has 0 saturated carbocycles. The first-order valence-electron chi connectivity index (χ1n) is 10.2. The van der Waals surface area contributed by atoms with Crippen molar-refractivity contribution in [3.8, 4) is 5.75 Å². The number of amides is 2. The van der Waals surface area contributed by atoms with Gasteiger partial charge in [0.25, 0.3) is 5.91 Å². The summed E-state index contributed by atoms with van der Waals surface area (Å²) in [6, 6.07) is 3.01. The average molecular weight is 457 g/mol. The minimum Gasteiger partial charge on any atom is -0.511 e. The summed E-state index contributed by atoms with van der Waals surface area (Å²) >= 11 is 0. The van der Waals surface area contributed by atoms with Gasteiger partial charge >= 0.3 is 0 Å². The Morgan fingerprint density at radius 3 is 2.52 bits per heavy atom. The van der Waals surface area contributed by atoms with Crippen LogP contribution in [-0.4, -0.2) is 69.0 Å². The van der Waals surface area contributed by atoms with Gasteiger partial charge in [0.05, 0.1) is 11.3 Å². The molecular weight excluding hydrogens is 434 g/mol. The fourth-order valence-corrected chi connectivity index (χ4v) is 5.01. The normalized spacial score (nSPS) is 26.5. The van der Waals surface area contributed by atoms with Gasteiger partial charge in [0.1, 0.15) is 17.1 Å². The third-order valence-corrected chi connectivity index (χ3v) is 6.45. The Balaban J connectivity index is 1.83. The number of aliphatic hydroxyl groups excluding tert-OH is 2. The Bertz CT molecular complexity index is 1170. The zero-order valence-electron chi connectivity index (χ0n) is 17.9. The van der Waals surface area contributed by atoms with Gasteiger partial charge in [-0.25, -0.2) is 5.01 Å². The van der Waals surface area contributed by atoms with E-state index in [9.17, 15) is 39.6 Å². The van der Waals surface area contributed by atoms with E-state index >= 15 is 0 Å². The molecule has 11 nitrogen and oxygen atoms in total. The van der Waals surface area contributed by atoms with Crippen LogP contribution >= 0.6 is 0 Å². The Labute approximate surface area is 188 Å². The number of phenols is 1. The van der Waals surface area contributed by atoms with Crippen molar-refractivity contribution < 1.29 is 39.6 Å². The number of hydrogen-bond donors (Lipinski definition) is 6. The summed E-state index contributed by atoms with van der Waals surface area (Å²) in [7, 11) is 2.98. The second-order valence-corrected chi connectivity index (χ2v) is 8.64. The fraction of sp³-hybridized carbons (Fsp3) is 0.364. The van der Waals surface area contributed by atoms with Gasteiger partial charge in [-0.1, -0.05) is 6.07 Å². The predicted molar refractivity (Wildman–Crippen MR) is 113 cm³/mol. The molecule has 0 aromatic heterocycles. The quantitative estimate of drug-likeness (QED) is 0.160. The first-order chi connectivity index (χ1) is 15.5. The third-order valence-electron chi connectivity index (χ3n) is 6.45. The highest BCUT2D eigenvalue weighted by Crippen LogP contribution is 2.51. The maximum atomic E-state index is 13.3. The molecule has 2 amide bonds. The van der Waals surface area contributed by atoms with E-state index in [1.165, 1.54) is 25.2 Å². The highest BCUT2D eigenvalue weighted by atomic mass is 16.3. The first kappa shape index (κ1) is 22.5. The molecule has 0 heterocycles. The molecule has 0 saturated heterocycles. The number of phenolic OH excluding ortho intramolecular Hbond substituents is 1. The highest BCUT2D eigenvalue weighted by Gasteiger charge is 2.59. The van der Waals surface area contributed by atoms with Crippen LogP contribution in [0, 0.1) is 11.8 Å². The number of rotatable bonds is 4. The van der Waals surface area contributed by atoms with Crippen molar-refractivity contribution in [1.29, 1.82) is 0 Å². The molecule has 1 aromatic carbocycles. The topological polar surface area (TPSA) is 176 Å². The lowest BCUT2D eigenvalue weighted by molar-refractivity contribution is -0.145. The summed E-state index contributed by atoms with van der Waals surface area (Å²) in [6.45, 7) is 0. The van der Waals surface area contributed by atoms with Gasteiger partial charge in [-0.05, 0) is 30.4 Å². The maximum Gasteiger partial charge on any atom is 0.272 e. The molecule has 0 spiro atoms. The first-order valence-corrected chi connectivity index (χ1v) is 10.2. The molecule has 3 unspecified atom stereocenters. The number of Topliss-reactive ketones (excluding diaryl/α,β-unsaturated/α-hetero) is 2. The van der Waals surface area contributed by atoms with E-state index in [-0.39, 0.29) is 36.1 Å². The van der Waals surface area contributed by atoms with Crippen LogP contribution in [-0.2, 0) is 20.8 Å². The Morgan fingerprint density at radius 1 is 1.18 bits per heavy atom. The predicted octanol–water partition coefficient (Wildman–Crippen LogP) is 0.256. The van der Waals surface area contributed by atoms with E-state index in [0.29, 0.717) is 12.0 Å². The number of carbonyl (C=O) groups is 4. The number of fused-ring (bicyclic) bond motifs is 3. The van der Waals surface area contributed by atoms with E-state index in [0.717, 1.165) is 0 Å². The maximum absolute atomic E-state index is 13.3. The summed E-state index contributed by atoms with van der Waals surface area (Å²) in [5.41, 5.74) is -0.872. The van der Waals surface area contributed by atoms with Crippen LogP contribution in [0.2, 0.25) is 0 Å². The monoisotopic (exact) mass is 457 g/mol. The number of aromatic hydroxyl groups is 1. The number of aliphatic hydroxyl groups is 3. The van der Waals surface area contributed by atoms with Gasteiger partial charge < -0.3 is 25.7 Å². The van der Waals surface area contributed by atoms with Crippen molar-refractivity contribution in [2.75, 3.05) is 19.4 Å². The van der Waals surface area contributed by atoms with Crippen LogP contribution in [0.15, 0.2) is 34.8 Å². The van der Waals surface area contributed by atoms with Crippen molar-refractivity contribution in [2.45, 2.75) is 24.9 Å². The van der Waals surface area contributed by atoms with E-state index in [4.69, 9.17) is 0 Å². The Kier molecular flexibility index (Phi) is 5.26. The number of carbonyl (C=O) groups excluding carboxylic acids is 4. The molecule has 0 aliphatic heterocycles. The molecule has 33 heavy (non-hydrogen) atoms. The van der Waals surface area contributed by atoms with E-state index in [2.05, 4.69) is 10.7 Å². The highest BCUT2D eigenvalue weighted by molar-refractivity contribution is 6.25. The number of allylic oxidation sites excluding steroid dienone is 2. The van der Waals surface area contributed by atoms with Crippen molar-refractivity contribution in [1.82, 2.24) is 10.4 Å². The van der Waals surface area contributed by atoms with Gasteiger partial charge in [-0.15, -0.1) is 0 Å². The largest absolute Gasteiger partial charge is 0.511 e. The summed E-state index contributed by atoms with van der Waals surface area (Å²) in [5, 5.41) is 46.9. The van der Waals surface area contributed by atoms with Gasteiger partial charge in [-0.3, -0.25) is 24.6 Å². The van der Waals surface area contributed by atoms with Crippen molar-refractivity contribution in [3.05, 3.63) is 45.9 Å². The minimum absolute atomic E-state index is 0.00715. The van der Waals surface area contributed by atoms with Crippen molar-refractivity contribution in [2.24, 2.45) is 11.8 Å². The van der Waals surface area contributed by atoms with Gasteiger partial charge in [-0.2, -0.15) is 0 Å². The van der Waals surface area contributed by atoms with Crippen LogP contribution in [0.3, 0.4) is 0 Å². The van der Waals surface area contributed by atoms with Crippen molar-refractivity contribution >= 4 is 29.6 Å². The summed E-state index contributed by atoms with van der Waals surface area (Å²) in [6.07, 6.45) is 0.381. The average Bonchev–Trinajstić information content (AvgIpc) is 2.72. The lowest BCUT2D eigenvalue weighted by Crippen LogP contribution is -2.57. The van der Waals surface area contributed by atoms with E-state index < -0.39 is 57.8 Å². The van der Waals surface area contributed by atoms with Gasteiger partial charge in [0, 0.05) is 32.0 Å². The number of hydrogen-bond acceptors (Lipinski definition) is 9. The van der Waals surface area contributed by atoms with E-state index in [1.54, 1.807) is 6.07 Å². The molecule has 3 aliphatic rings. The van der Waals surface area contributed by atoms with Crippen LogP contribution in [0.25, 0.3) is 0 Å². The van der Waals surface area contributed by atoms with Crippen molar-refractivity contribution in [3.63, 3.8) is 0 Å². The number of hydrazine groups is 1. The molecule has 1 aromatic rings. The second-order valence-electron chi connectivity index (χ2n) is 8.64. The lowest BCUT2D eigenvalue weighted by atomic mass is 9.60. The molecule has 4 rings (SSSR count). The SMILES string of the molecule is CN(C)NC(=O)C1=C(O)CC2CC3Cc4ccc(NC=O)c(O)c4C(=O)C3=C(O)C2(O)C1=O. The Morgan fingerprint density at radius 2 is 1.88 bits per heavy atom.